The summed E-state index contributed by atoms with van der Waals surface area (Å²) in [5.74, 6) is 1.17. The highest BCUT2D eigenvalue weighted by molar-refractivity contribution is 7.16. The van der Waals surface area contributed by atoms with Gasteiger partial charge in [0.05, 0.1) is 15.7 Å². The van der Waals surface area contributed by atoms with Crippen molar-refractivity contribution in [2.24, 2.45) is 11.8 Å². The Bertz CT molecular complexity index is 636. The minimum absolute atomic E-state index is 0.569. The molecule has 0 aliphatic heterocycles. The normalized spacial score (nSPS) is 11.5. The van der Waals surface area contributed by atoms with Crippen LogP contribution in [0.4, 0.5) is 5.13 Å². The molecular weight excluding hydrogens is 335 g/mol. The van der Waals surface area contributed by atoms with Crippen molar-refractivity contribution in [2.45, 2.75) is 34.1 Å². The van der Waals surface area contributed by atoms with Gasteiger partial charge in [0.15, 0.2) is 5.13 Å². The average molecular weight is 357 g/mol. The van der Waals surface area contributed by atoms with Crippen molar-refractivity contribution in [3.05, 3.63) is 33.1 Å². The summed E-state index contributed by atoms with van der Waals surface area (Å²) < 4.78 is 0. The summed E-state index contributed by atoms with van der Waals surface area (Å²) in [7, 11) is 0. The number of hydrogen-bond donors (Lipinski definition) is 1. The predicted octanol–water partition coefficient (Wildman–Crippen LogP) is 6.38. The van der Waals surface area contributed by atoms with Crippen LogP contribution in [-0.2, 0) is 6.42 Å². The highest BCUT2D eigenvalue weighted by atomic mass is 35.5. The second-order valence-electron chi connectivity index (χ2n) is 6.29. The number of rotatable bonds is 6. The molecule has 1 aromatic carbocycles. The van der Waals surface area contributed by atoms with Crippen LogP contribution >= 0.6 is 34.5 Å². The van der Waals surface area contributed by atoms with Gasteiger partial charge in [0.1, 0.15) is 0 Å². The zero-order valence-electron chi connectivity index (χ0n) is 13.4. The number of halogens is 2. The van der Waals surface area contributed by atoms with Gasteiger partial charge < -0.3 is 5.32 Å². The minimum atomic E-state index is 0.569. The summed E-state index contributed by atoms with van der Waals surface area (Å²) in [6.45, 7) is 9.75. The molecule has 0 amide bonds. The number of nitrogens with zero attached hydrogens (tertiary/aromatic N) is 1. The molecule has 0 aliphatic carbocycles. The van der Waals surface area contributed by atoms with Gasteiger partial charge in [-0.3, -0.25) is 0 Å². The van der Waals surface area contributed by atoms with Crippen LogP contribution < -0.4 is 5.32 Å². The van der Waals surface area contributed by atoms with Crippen molar-refractivity contribution < 1.29 is 0 Å². The van der Waals surface area contributed by atoms with E-state index in [-0.39, 0.29) is 0 Å². The van der Waals surface area contributed by atoms with Gasteiger partial charge in [-0.15, -0.1) is 11.3 Å². The van der Waals surface area contributed by atoms with Crippen LogP contribution in [0.1, 0.15) is 32.6 Å². The number of aromatic nitrogens is 1. The van der Waals surface area contributed by atoms with E-state index in [4.69, 9.17) is 28.2 Å². The third-order valence-electron chi connectivity index (χ3n) is 3.15. The number of anilines is 1. The summed E-state index contributed by atoms with van der Waals surface area (Å²) in [4.78, 5) is 6.07. The van der Waals surface area contributed by atoms with Crippen molar-refractivity contribution in [1.82, 2.24) is 4.98 Å². The summed E-state index contributed by atoms with van der Waals surface area (Å²) in [6.07, 6.45) is 1.01. The maximum Gasteiger partial charge on any atom is 0.183 e. The number of thiazole rings is 1. The molecule has 0 unspecified atom stereocenters. The average Bonchev–Trinajstić information content (AvgIpc) is 2.82. The quantitative estimate of drug-likeness (QED) is 0.648. The van der Waals surface area contributed by atoms with E-state index in [0.717, 1.165) is 29.4 Å². The molecule has 0 spiro atoms. The van der Waals surface area contributed by atoms with Crippen LogP contribution in [0.25, 0.3) is 11.3 Å². The van der Waals surface area contributed by atoms with Crippen LogP contribution in [0.2, 0.25) is 10.0 Å². The van der Waals surface area contributed by atoms with Crippen molar-refractivity contribution in [2.75, 3.05) is 11.9 Å². The molecule has 1 N–H and O–H groups in total. The van der Waals surface area contributed by atoms with Gasteiger partial charge in [-0.05, 0) is 30.4 Å². The van der Waals surface area contributed by atoms with E-state index in [2.05, 4.69) is 33.0 Å². The van der Waals surface area contributed by atoms with Gasteiger partial charge in [0.2, 0.25) is 0 Å². The van der Waals surface area contributed by atoms with E-state index in [0.29, 0.717) is 21.9 Å². The van der Waals surface area contributed by atoms with Crippen LogP contribution in [0.3, 0.4) is 0 Å². The molecule has 2 aromatic rings. The fourth-order valence-electron chi connectivity index (χ4n) is 2.10. The second-order valence-corrected chi connectivity index (χ2v) is 8.19. The molecule has 22 heavy (non-hydrogen) atoms. The van der Waals surface area contributed by atoms with Gasteiger partial charge in [-0.25, -0.2) is 4.98 Å². The fraction of sp³-hybridized carbons (Fsp3) is 0.471. The summed E-state index contributed by atoms with van der Waals surface area (Å²) in [5, 5.41) is 5.54. The maximum atomic E-state index is 6.16. The molecule has 0 fully saturated rings. The van der Waals surface area contributed by atoms with Crippen molar-refractivity contribution >= 4 is 39.7 Å². The van der Waals surface area contributed by atoms with Gasteiger partial charge in [-0.2, -0.15) is 0 Å². The molecule has 5 heteroatoms. The molecular formula is C17H22Cl2N2S. The molecule has 0 radical (unpaired) electrons. The minimum Gasteiger partial charge on any atom is -0.361 e. The maximum absolute atomic E-state index is 6.16. The molecule has 1 heterocycles. The number of benzene rings is 1. The van der Waals surface area contributed by atoms with Crippen LogP contribution in [0.5, 0.6) is 0 Å². The first kappa shape index (κ1) is 17.6. The standard InChI is InChI=1S/C17H22Cl2N2S/c1-10(2)7-15-16(12-5-6-13(18)14(19)8-12)21-17(22-15)20-9-11(3)4/h5-6,8,10-11H,7,9H2,1-4H3,(H,20,21). The molecule has 0 saturated carbocycles. The van der Waals surface area contributed by atoms with Crippen LogP contribution in [0, 0.1) is 11.8 Å². The highest BCUT2D eigenvalue weighted by Crippen LogP contribution is 2.35. The fourth-order valence-corrected chi connectivity index (χ4v) is 3.60. The summed E-state index contributed by atoms with van der Waals surface area (Å²) >= 11 is 13.9. The molecule has 0 aliphatic rings. The molecule has 0 bridgehead atoms. The first-order chi connectivity index (χ1) is 10.4. The van der Waals surface area contributed by atoms with E-state index >= 15 is 0 Å². The summed E-state index contributed by atoms with van der Waals surface area (Å²) in [6, 6.07) is 5.72. The van der Waals surface area contributed by atoms with E-state index in [1.54, 1.807) is 11.3 Å². The second kappa shape index (κ2) is 7.67. The highest BCUT2D eigenvalue weighted by Gasteiger charge is 2.15. The van der Waals surface area contributed by atoms with Crippen molar-refractivity contribution in [3.63, 3.8) is 0 Å². The Kier molecular flexibility index (Phi) is 6.13. The molecule has 1 aromatic heterocycles. The van der Waals surface area contributed by atoms with Gasteiger partial charge >= 0.3 is 0 Å². The Labute approximate surface area is 146 Å². The van der Waals surface area contributed by atoms with Crippen LogP contribution in [-0.4, -0.2) is 11.5 Å². The molecule has 120 valence electrons. The van der Waals surface area contributed by atoms with E-state index in [9.17, 15) is 0 Å². The lowest BCUT2D eigenvalue weighted by molar-refractivity contribution is 0.654. The van der Waals surface area contributed by atoms with E-state index < -0.39 is 0 Å². The molecule has 2 nitrogen and oxygen atoms in total. The lowest BCUT2D eigenvalue weighted by Gasteiger charge is -2.06. The zero-order chi connectivity index (χ0) is 16.3. The predicted molar refractivity (Wildman–Crippen MR) is 99.4 cm³/mol. The van der Waals surface area contributed by atoms with Crippen molar-refractivity contribution in [3.8, 4) is 11.3 Å². The van der Waals surface area contributed by atoms with E-state index in [1.165, 1.54) is 4.88 Å². The third-order valence-corrected chi connectivity index (χ3v) is 4.92. The first-order valence-corrected chi connectivity index (χ1v) is 9.13. The van der Waals surface area contributed by atoms with Gasteiger partial charge in [0.25, 0.3) is 0 Å². The topological polar surface area (TPSA) is 24.9 Å². The smallest absolute Gasteiger partial charge is 0.183 e. The Morgan fingerprint density at radius 2 is 1.82 bits per heavy atom. The van der Waals surface area contributed by atoms with Gasteiger partial charge in [0, 0.05) is 17.0 Å². The monoisotopic (exact) mass is 356 g/mol. The lowest BCUT2D eigenvalue weighted by atomic mass is 10.0. The Hall–Kier alpha value is -0.770. The van der Waals surface area contributed by atoms with Crippen molar-refractivity contribution in [1.29, 1.82) is 0 Å². The summed E-state index contributed by atoms with van der Waals surface area (Å²) in [5.41, 5.74) is 2.04. The van der Waals surface area contributed by atoms with Gasteiger partial charge in [-0.1, -0.05) is 57.0 Å². The van der Waals surface area contributed by atoms with E-state index in [1.807, 2.05) is 18.2 Å². The Morgan fingerprint density at radius 3 is 2.41 bits per heavy atom. The first-order valence-electron chi connectivity index (χ1n) is 7.55. The Balaban J connectivity index is 2.36. The van der Waals surface area contributed by atoms with Crippen LogP contribution in [0.15, 0.2) is 18.2 Å². The third kappa shape index (κ3) is 4.61. The Morgan fingerprint density at radius 1 is 1.09 bits per heavy atom. The molecule has 0 saturated heterocycles. The zero-order valence-corrected chi connectivity index (χ0v) is 15.7. The number of nitrogens with one attached hydrogen (secondary N) is 1. The largest absolute Gasteiger partial charge is 0.361 e. The SMILES string of the molecule is CC(C)CNc1nc(-c2ccc(Cl)c(Cl)c2)c(CC(C)C)s1. The molecule has 0 atom stereocenters. The molecule has 2 rings (SSSR count). The lowest BCUT2D eigenvalue weighted by Crippen LogP contribution is -2.07. The number of hydrogen-bond acceptors (Lipinski definition) is 3.